The van der Waals surface area contributed by atoms with E-state index in [0.29, 0.717) is 6.54 Å². The number of aliphatic hydroxyl groups is 1. The van der Waals surface area contributed by atoms with Gasteiger partial charge in [-0.05, 0) is 25.8 Å². The Balaban J connectivity index is 3.90. The summed E-state index contributed by atoms with van der Waals surface area (Å²) in [6.07, 6.45) is 9.50. The summed E-state index contributed by atoms with van der Waals surface area (Å²) in [4.78, 5) is 0. The summed E-state index contributed by atoms with van der Waals surface area (Å²) in [6, 6.07) is 0. The quantitative estimate of drug-likeness (QED) is 0.345. The van der Waals surface area contributed by atoms with E-state index >= 15 is 0 Å². The molecule has 0 saturated heterocycles. The minimum atomic E-state index is 0.0780. The minimum Gasteiger partial charge on any atom is -0.392 e. The predicted molar refractivity (Wildman–Crippen MR) is 76.3 cm³/mol. The summed E-state index contributed by atoms with van der Waals surface area (Å²) in [5.74, 6) is 0. The van der Waals surface area contributed by atoms with Gasteiger partial charge in [0.25, 0.3) is 0 Å². The average Bonchev–Trinajstić information content (AvgIpc) is 2.39. The van der Waals surface area contributed by atoms with E-state index in [1.54, 1.807) is 0 Å². The van der Waals surface area contributed by atoms with E-state index in [4.69, 9.17) is 5.11 Å². The molecule has 0 fully saturated rings. The summed E-state index contributed by atoms with van der Waals surface area (Å²) in [5, 5.41) is 19.0. The van der Waals surface area contributed by atoms with E-state index in [0.717, 1.165) is 18.5 Å². The molecule has 0 bridgehead atoms. The zero-order chi connectivity index (χ0) is 13.6. The number of unbranched alkanes of at least 4 members (excludes halogenated alkanes) is 5. The SMILES string of the molecule is CCCCCCCCN(C=C(C)CO)N=NCC. The Kier molecular flexibility index (Phi) is 11.9. The molecule has 0 unspecified atom stereocenters. The molecule has 0 aromatic carbocycles. The molecule has 0 aliphatic heterocycles. The van der Waals surface area contributed by atoms with Gasteiger partial charge in [-0.3, -0.25) is 5.01 Å². The molecule has 0 saturated carbocycles. The van der Waals surface area contributed by atoms with Gasteiger partial charge in [-0.2, -0.15) is 5.11 Å². The van der Waals surface area contributed by atoms with Crippen LogP contribution in [0, 0.1) is 0 Å². The van der Waals surface area contributed by atoms with Crippen LogP contribution in [0.4, 0.5) is 0 Å². The number of aliphatic hydroxyl groups excluding tert-OH is 1. The number of hydrogen-bond acceptors (Lipinski definition) is 3. The lowest BCUT2D eigenvalue weighted by Gasteiger charge is -2.13. The van der Waals surface area contributed by atoms with Gasteiger partial charge in [0.2, 0.25) is 0 Å². The van der Waals surface area contributed by atoms with Crippen LogP contribution >= 0.6 is 0 Å². The molecular formula is C14H29N3O. The number of hydrogen-bond donors (Lipinski definition) is 1. The van der Waals surface area contributed by atoms with E-state index in [-0.39, 0.29) is 6.61 Å². The highest BCUT2D eigenvalue weighted by atomic mass is 16.3. The maximum absolute atomic E-state index is 9.01. The van der Waals surface area contributed by atoms with Gasteiger partial charge in [0.15, 0.2) is 0 Å². The fourth-order valence-electron chi connectivity index (χ4n) is 1.63. The molecule has 106 valence electrons. The first-order chi connectivity index (χ1) is 8.74. The van der Waals surface area contributed by atoms with Crippen LogP contribution < -0.4 is 0 Å². The summed E-state index contributed by atoms with van der Waals surface area (Å²) >= 11 is 0. The van der Waals surface area contributed by atoms with Crippen molar-refractivity contribution in [1.29, 1.82) is 0 Å². The molecule has 4 nitrogen and oxygen atoms in total. The first kappa shape index (κ1) is 17.1. The Labute approximate surface area is 112 Å². The van der Waals surface area contributed by atoms with Crippen molar-refractivity contribution in [1.82, 2.24) is 5.01 Å². The second-order valence-electron chi connectivity index (χ2n) is 4.61. The van der Waals surface area contributed by atoms with Crippen LogP contribution in [-0.4, -0.2) is 29.8 Å². The first-order valence-electron chi connectivity index (χ1n) is 7.16. The van der Waals surface area contributed by atoms with Gasteiger partial charge in [-0.15, -0.1) is 0 Å². The standard InChI is InChI=1S/C14H29N3O/c1-4-6-7-8-9-10-11-17(16-15-5-2)12-14(3)13-18/h12,18H,4-11,13H2,1-3H3. The molecule has 1 N–H and O–H groups in total. The largest absolute Gasteiger partial charge is 0.392 e. The third kappa shape index (κ3) is 10.3. The van der Waals surface area contributed by atoms with E-state index in [1.165, 1.54) is 32.1 Å². The molecule has 0 amide bonds. The van der Waals surface area contributed by atoms with E-state index in [1.807, 2.05) is 25.1 Å². The van der Waals surface area contributed by atoms with Crippen molar-refractivity contribution in [3.05, 3.63) is 11.8 Å². The van der Waals surface area contributed by atoms with Crippen molar-refractivity contribution in [2.75, 3.05) is 19.7 Å². The molecule has 18 heavy (non-hydrogen) atoms. The topological polar surface area (TPSA) is 48.2 Å². The normalized spacial score (nSPS) is 12.3. The lowest BCUT2D eigenvalue weighted by atomic mass is 10.1. The van der Waals surface area contributed by atoms with Gasteiger partial charge in [0.1, 0.15) is 0 Å². The highest BCUT2D eigenvalue weighted by Crippen LogP contribution is 2.07. The van der Waals surface area contributed by atoms with Crippen LogP contribution in [0.2, 0.25) is 0 Å². The second kappa shape index (κ2) is 12.6. The van der Waals surface area contributed by atoms with Gasteiger partial charge < -0.3 is 5.11 Å². The Hall–Kier alpha value is -0.900. The summed E-state index contributed by atoms with van der Waals surface area (Å²) in [6.45, 7) is 7.75. The van der Waals surface area contributed by atoms with Crippen molar-refractivity contribution in [3.8, 4) is 0 Å². The van der Waals surface area contributed by atoms with Crippen LogP contribution in [-0.2, 0) is 0 Å². The summed E-state index contributed by atoms with van der Waals surface area (Å²) in [7, 11) is 0. The molecule has 0 heterocycles. The fourth-order valence-corrected chi connectivity index (χ4v) is 1.63. The molecule has 0 atom stereocenters. The van der Waals surface area contributed by atoms with Gasteiger partial charge in [0, 0.05) is 12.7 Å². The van der Waals surface area contributed by atoms with Crippen molar-refractivity contribution < 1.29 is 5.11 Å². The Morgan fingerprint density at radius 1 is 1.11 bits per heavy atom. The van der Waals surface area contributed by atoms with Gasteiger partial charge in [0.05, 0.1) is 13.2 Å². The zero-order valence-corrected chi connectivity index (χ0v) is 12.2. The van der Waals surface area contributed by atoms with Crippen LogP contribution in [0.1, 0.15) is 59.3 Å². The molecule has 0 aliphatic carbocycles. The van der Waals surface area contributed by atoms with Crippen molar-refractivity contribution in [2.24, 2.45) is 10.3 Å². The molecule has 0 aromatic heterocycles. The minimum absolute atomic E-state index is 0.0780. The number of rotatable bonds is 11. The summed E-state index contributed by atoms with van der Waals surface area (Å²) < 4.78 is 0. The monoisotopic (exact) mass is 255 g/mol. The molecule has 0 aliphatic rings. The van der Waals surface area contributed by atoms with Gasteiger partial charge >= 0.3 is 0 Å². The van der Waals surface area contributed by atoms with Crippen molar-refractivity contribution in [2.45, 2.75) is 59.3 Å². The first-order valence-corrected chi connectivity index (χ1v) is 7.16. The van der Waals surface area contributed by atoms with Crippen LogP contribution in [0.3, 0.4) is 0 Å². The third-order valence-corrected chi connectivity index (χ3v) is 2.68. The van der Waals surface area contributed by atoms with Gasteiger partial charge in [-0.25, -0.2) is 0 Å². The maximum Gasteiger partial charge on any atom is 0.0656 e. The van der Waals surface area contributed by atoms with E-state index in [9.17, 15) is 0 Å². The summed E-state index contributed by atoms with van der Waals surface area (Å²) in [5.41, 5.74) is 0.913. The predicted octanol–water partition coefficient (Wildman–Crippen LogP) is 3.93. The Morgan fingerprint density at radius 3 is 2.39 bits per heavy atom. The second-order valence-corrected chi connectivity index (χ2v) is 4.61. The van der Waals surface area contributed by atoms with Gasteiger partial charge in [-0.1, -0.05) is 44.3 Å². The number of nitrogens with zero attached hydrogens (tertiary/aromatic N) is 3. The molecule has 4 heteroatoms. The van der Waals surface area contributed by atoms with Crippen molar-refractivity contribution >= 4 is 0 Å². The molecule has 0 spiro atoms. The molecule has 0 rings (SSSR count). The zero-order valence-electron chi connectivity index (χ0n) is 12.2. The third-order valence-electron chi connectivity index (χ3n) is 2.68. The Bertz CT molecular complexity index is 239. The van der Waals surface area contributed by atoms with Crippen LogP contribution in [0.15, 0.2) is 22.1 Å². The van der Waals surface area contributed by atoms with Crippen LogP contribution in [0.25, 0.3) is 0 Å². The molecular weight excluding hydrogens is 226 g/mol. The highest BCUT2D eigenvalue weighted by molar-refractivity contribution is 4.96. The van der Waals surface area contributed by atoms with Crippen LogP contribution in [0.5, 0.6) is 0 Å². The molecule has 0 aromatic rings. The maximum atomic E-state index is 9.01. The van der Waals surface area contributed by atoms with E-state index < -0.39 is 0 Å². The average molecular weight is 255 g/mol. The lowest BCUT2D eigenvalue weighted by Crippen LogP contribution is -2.12. The lowest BCUT2D eigenvalue weighted by molar-refractivity contribution is 0.314. The highest BCUT2D eigenvalue weighted by Gasteiger charge is 1.99. The Morgan fingerprint density at radius 2 is 1.78 bits per heavy atom. The van der Waals surface area contributed by atoms with E-state index in [2.05, 4.69) is 17.3 Å². The fraction of sp³-hybridized carbons (Fsp3) is 0.857. The van der Waals surface area contributed by atoms with Crippen molar-refractivity contribution in [3.63, 3.8) is 0 Å². The smallest absolute Gasteiger partial charge is 0.0656 e. The molecule has 0 radical (unpaired) electrons.